The molecule has 0 aromatic carbocycles. The molecule has 0 radical (unpaired) electrons. The van der Waals surface area contributed by atoms with E-state index in [1.807, 2.05) is 11.9 Å². The third-order valence-corrected chi connectivity index (χ3v) is 3.79. The second-order valence-corrected chi connectivity index (χ2v) is 5.11. The number of nitrogens with two attached hydrogens (primary N) is 1. The highest BCUT2D eigenvalue weighted by molar-refractivity contribution is 5.82. The molecule has 1 amide bonds. The Morgan fingerprint density at radius 2 is 2.00 bits per heavy atom. The van der Waals surface area contributed by atoms with Gasteiger partial charge in [0.05, 0.1) is 0 Å². The van der Waals surface area contributed by atoms with E-state index in [2.05, 4.69) is 13.8 Å². The van der Waals surface area contributed by atoms with Gasteiger partial charge in [0.15, 0.2) is 0 Å². The Bertz CT molecular complexity index is 222. The van der Waals surface area contributed by atoms with E-state index in [1.54, 1.807) is 0 Å². The quantitative estimate of drug-likeness (QED) is 0.772. The number of amides is 1. The van der Waals surface area contributed by atoms with E-state index >= 15 is 0 Å². The van der Waals surface area contributed by atoms with Crippen LogP contribution in [0.5, 0.6) is 0 Å². The van der Waals surface area contributed by atoms with Crippen molar-refractivity contribution in [1.82, 2.24) is 4.90 Å². The number of carbonyl (C=O) groups excluding carboxylic acids is 1. The maximum absolute atomic E-state index is 12.3. The van der Waals surface area contributed by atoms with Crippen molar-refractivity contribution in [2.75, 3.05) is 13.6 Å². The summed E-state index contributed by atoms with van der Waals surface area (Å²) in [5.41, 5.74) is 5.42. The number of rotatable bonds is 4. The van der Waals surface area contributed by atoms with Crippen molar-refractivity contribution < 1.29 is 4.79 Å². The maximum Gasteiger partial charge on any atom is 0.228 e. The molecule has 1 aliphatic carbocycles. The minimum Gasteiger partial charge on any atom is -0.343 e. The summed E-state index contributed by atoms with van der Waals surface area (Å²) in [6.45, 7) is 4.83. The van der Waals surface area contributed by atoms with Crippen molar-refractivity contribution >= 4 is 5.91 Å². The second kappa shape index (κ2) is 4.97. The van der Waals surface area contributed by atoms with Crippen LogP contribution in [-0.4, -0.2) is 30.4 Å². The van der Waals surface area contributed by atoms with Gasteiger partial charge in [0.1, 0.15) is 0 Å². The van der Waals surface area contributed by atoms with Gasteiger partial charge in [-0.2, -0.15) is 0 Å². The molecule has 88 valence electrons. The third-order valence-electron chi connectivity index (χ3n) is 3.79. The molecule has 0 saturated heterocycles. The molecule has 1 rings (SSSR count). The lowest BCUT2D eigenvalue weighted by molar-refractivity contribution is -0.141. The second-order valence-electron chi connectivity index (χ2n) is 5.11. The van der Waals surface area contributed by atoms with Gasteiger partial charge in [0.2, 0.25) is 5.91 Å². The van der Waals surface area contributed by atoms with Crippen molar-refractivity contribution in [2.24, 2.45) is 11.1 Å². The van der Waals surface area contributed by atoms with E-state index in [4.69, 9.17) is 5.73 Å². The summed E-state index contributed by atoms with van der Waals surface area (Å²) in [5.74, 6) is 0.306. The Hall–Kier alpha value is -0.570. The number of hydrogen-bond acceptors (Lipinski definition) is 2. The van der Waals surface area contributed by atoms with Crippen LogP contribution in [0.2, 0.25) is 0 Å². The lowest BCUT2D eigenvalue weighted by Crippen LogP contribution is -2.44. The topological polar surface area (TPSA) is 46.3 Å². The van der Waals surface area contributed by atoms with Crippen LogP contribution in [-0.2, 0) is 4.79 Å². The van der Waals surface area contributed by atoms with Gasteiger partial charge in [-0.3, -0.25) is 4.79 Å². The monoisotopic (exact) mass is 212 g/mol. The zero-order chi connectivity index (χ0) is 11.5. The Kier molecular flexibility index (Phi) is 4.14. The largest absolute Gasteiger partial charge is 0.343 e. The Morgan fingerprint density at radius 3 is 2.47 bits per heavy atom. The van der Waals surface area contributed by atoms with Crippen LogP contribution in [0, 0.1) is 5.41 Å². The van der Waals surface area contributed by atoms with Gasteiger partial charge in [-0.15, -0.1) is 0 Å². The molecule has 3 heteroatoms. The summed E-state index contributed by atoms with van der Waals surface area (Å²) < 4.78 is 0. The van der Waals surface area contributed by atoms with Crippen LogP contribution in [0.3, 0.4) is 0 Å². The average molecular weight is 212 g/mol. The maximum atomic E-state index is 12.3. The first-order valence-electron chi connectivity index (χ1n) is 5.98. The minimum absolute atomic E-state index is 0.0996. The third kappa shape index (κ3) is 2.71. The zero-order valence-electron chi connectivity index (χ0n) is 10.3. The summed E-state index contributed by atoms with van der Waals surface area (Å²) in [5, 5.41) is 0. The van der Waals surface area contributed by atoms with Crippen LogP contribution >= 0.6 is 0 Å². The molecule has 0 spiro atoms. The lowest BCUT2D eigenvalue weighted by atomic mass is 9.87. The number of carbonyl (C=O) groups is 1. The zero-order valence-corrected chi connectivity index (χ0v) is 10.3. The fourth-order valence-corrected chi connectivity index (χ4v) is 2.43. The smallest absolute Gasteiger partial charge is 0.228 e. The molecule has 0 aromatic heterocycles. The van der Waals surface area contributed by atoms with Gasteiger partial charge in [0, 0.05) is 18.5 Å². The van der Waals surface area contributed by atoms with E-state index in [1.165, 1.54) is 12.8 Å². The van der Waals surface area contributed by atoms with E-state index in [0.29, 0.717) is 12.5 Å². The van der Waals surface area contributed by atoms with Crippen molar-refractivity contribution in [3.05, 3.63) is 0 Å². The SMILES string of the molecule is CC(CCN)N(C)C(=O)C1(C)CCCC1. The molecule has 1 aliphatic rings. The molecule has 0 aliphatic heterocycles. The van der Waals surface area contributed by atoms with E-state index in [0.717, 1.165) is 19.3 Å². The molecule has 0 aromatic rings. The van der Waals surface area contributed by atoms with Crippen LogP contribution in [0.1, 0.15) is 46.0 Å². The van der Waals surface area contributed by atoms with Gasteiger partial charge in [0.25, 0.3) is 0 Å². The predicted molar refractivity (Wildman–Crippen MR) is 62.5 cm³/mol. The van der Waals surface area contributed by atoms with Gasteiger partial charge < -0.3 is 10.6 Å². The Balaban J connectivity index is 2.58. The molecule has 15 heavy (non-hydrogen) atoms. The molecule has 0 heterocycles. The highest BCUT2D eigenvalue weighted by atomic mass is 16.2. The van der Waals surface area contributed by atoms with Gasteiger partial charge >= 0.3 is 0 Å². The fourth-order valence-electron chi connectivity index (χ4n) is 2.43. The first kappa shape index (κ1) is 12.5. The van der Waals surface area contributed by atoms with Crippen molar-refractivity contribution in [1.29, 1.82) is 0 Å². The normalized spacial score (nSPS) is 21.3. The number of hydrogen-bond donors (Lipinski definition) is 1. The number of nitrogens with zero attached hydrogens (tertiary/aromatic N) is 1. The molecule has 0 bridgehead atoms. The minimum atomic E-state index is -0.0996. The summed E-state index contributed by atoms with van der Waals surface area (Å²) in [7, 11) is 1.91. The standard InChI is InChI=1S/C12H24N2O/c1-10(6-9-13)14(3)11(15)12(2)7-4-5-8-12/h10H,4-9,13H2,1-3H3. The van der Waals surface area contributed by atoms with Crippen LogP contribution in [0.25, 0.3) is 0 Å². The van der Waals surface area contributed by atoms with Crippen LogP contribution < -0.4 is 5.73 Å². The van der Waals surface area contributed by atoms with Crippen molar-refractivity contribution in [3.63, 3.8) is 0 Å². The Labute approximate surface area is 93.0 Å². The molecule has 1 fully saturated rings. The summed E-state index contributed by atoms with van der Waals surface area (Å²) in [4.78, 5) is 14.2. The molecular weight excluding hydrogens is 188 g/mol. The molecule has 1 saturated carbocycles. The highest BCUT2D eigenvalue weighted by Crippen LogP contribution is 2.39. The van der Waals surface area contributed by atoms with Gasteiger partial charge in [-0.25, -0.2) is 0 Å². The molecular formula is C12H24N2O. The van der Waals surface area contributed by atoms with Gasteiger partial charge in [-0.05, 0) is 32.7 Å². The first-order valence-corrected chi connectivity index (χ1v) is 5.98. The molecule has 2 N–H and O–H groups in total. The molecule has 1 unspecified atom stereocenters. The predicted octanol–water partition coefficient (Wildman–Crippen LogP) is 1.76. The van der Waals surface area contributed by atoms with Crippen molar-refractivity contribution in [3.8, 4) is 0 Å². The van der Waals surface area contributed by atoms with Crippen molar-refractivity contribution in [2.45, 2.75) is 52.0 Å². The Morgan fingerprint density at radius 1 is 1.47 bits per heavy atom. The summed E-state index contributed by atoms with van der Waals surface area (Å²) in [6.07, 6.45) is 5.37. The average Bonchev–Trinajstić information content (AvgIpc) is 2.64. The fraction of sp³-hybridized carbons (Fsp3) is 0.917. The molecule has 1 atom stereocenters. The van der Waals surface area contributed by atoms with E-state index in [-0.39, 0.29) is 11.5 Å². The summed E-state index contributed by atoms with van der Waals surface area (Å²) >= 11 is 0. The lowest BCUT2D eigenvalue weighted by Gasteiger charge is -2.32. The highest BCUT2D eigenvalue weighted by Gasteiger charge is 2.38. The van der Waals surface area contributed by atoms with E-state index in [9.17, 15) is 4.79 Å². The summed E-state index contributed by atoms with van der Waals surface area (Å²) in [6, 6.07) is 0.264. The van der Waals surface area contributed by atoms with Gasteiger partial charge in [-0.1, -0.05) is 19.8 Å². The first-order chi connectivity index (χ1) is 7.01. The van der Waals surface area contributed by atoms with Crippen LogP contribution in [0.4, 0.5) is 0 Å². The van der Waals surface area contributed by atoms with Crippen LogP contribution in [0.15, 0.2) is 0 Å². The molecule has 3 nitrogen and oxygen atoms in total. The van der Waals surface area contributed by atoms with E-state index < -0.39 is 0 Å².